The number of nitrogens with zero attached hydrogens (tertiary/aromatic N) is 3. The summed E-state index contributed by atoms with van der Waals surface area (Å²) in [5.41, 5.74) is 2.03. The van der Waals surface area contributed by atoms with Gasteiger partial charge in [-0.05, 0) is 18.2 Å². The molecule has 2 N–H and O–H groups in total. The zero-order valence-corrected chi connectivity index (χ0v) is 16.0. The number of aliphatic hydroxyl groups excluding tert-OH is 1. The summed E-state index contributed by atoms with van der Waals surface area (Å²) in [6.45, 7) is 0.744. The van der Waals surface area contributed by atoms with Crippen LogP contribution in [-0.2, 0) is 13.0 Å². The molecule has 3 heterocycles. The minimum absolute atomic E-state index is 0.143. The van der Waals surface area contributed by atoms with Gasteiger partial charge in [0.15, 0.2) is 5.69 Å². The van der Waals surface area contributed by atoms with Crippen molar-refractivity contribution >= 4 is 34.3 Å². The van der Waals surface area contributed by atoms with Crippen LogP contribution in [0, 0.1) is 0 Å². The van der Waals surface area contributed by atoms with Gasteiger partial charge in [0.05, 0.1) is 13.2 Å². The number of carbonyl (C=O) groups is 2. The molecule has 0 saturated carbocycles. The summed E-state index contributed by atoms with van der Waals surface area (Å²) in [4.78, 5) is 31.7. The van der Waals surface area contributed by atoms with Crippen molar-refractivity contribution in [1.82, 2.24) is 19.9 Å². The molecular formula is C19H19ClN4O4. The fraction of sp³-hybridized carbons (Fsp3) is 0.316. The maximum atomic E-state index is 13.0. The molecule has 2 aromatic heterocycles. The molecule has 0 spiro atoms. The third kappa shape index (κ3) is 3.14. The second kappa shape index (κ2) is 7.29. The molecule has 4 rings (SSSR count). The molecular weight excluding hydrogens is 384 g/mol. The third-order valence-electron chi connectivity index (χ3n) is 4.94. The Morgan fingerprint density at radius 2 is 2.25 bits per heavy atom. The van der Waals surface area contributed by atoms with Crippen LogP contribution < -0.4 is 0 Å². The Hall–Kier alpha value is -2.84. The monoisotopic (exact) mass is 402 g/mol. The number of carbonyl (C=O) groups excluding carboxylic acids is 2. The molecule has 1 aromatic carbocycles. The van der Waals surface area contributed by atoms with E-state index in [1.807, 2.05) is 12.1 Å². The van der Waals surface area contributed by atoms with Crippen LogP contribution in [0.1, 0.15) is 32.3 Å². The van der Waals surface area contributed by atoms with Crippen LogP contribution in [0.15, 0.2) is 28.8 Å². The number of halogens is 1. The van der Waals surface area contributed by atoms with Crippen molar-refractivity contribution in [3.63, 3.8) is 0 Å². The highest BCUT2D eigenvalue weighted by Crippen LogP contribution is 2.27. The van der Waals surface area contributed by atoms with Crippen LogP contribution in [0.25, 0.3) is 10.9 Å². The van der Waals surface area contributed by atoms with Crippen LogP contribution in [0.3, 0.4) is 0 Å². The highest BCUT2D eigenvalue weighted by Gasteiger charge is 2.31. The number of aromatic nitrogens is 2. The molecule has 146 valence electrons. The molecule has 0 bridgehead atoms. The van der Waals surface area contributed by atoms with E-state index in [1.54, 1.807) is 24.1 Å². The lowest BCUT2D eigenvalue weighted by Crippen LogP contribution is -2.37. The molecule has 28 heavy (non-hydrogen) atoms. The van der Waals surface area contributed by atoms with Gasteiger partial charge in [-0.1, -0.05) is 22.8 Å². The molecule has 0 unspecified atom stereocenters. The lowest BCUT2D eigenvalue weighted by atomic mass is 10.0. The van der Waals surface area contributed by atoms with Crippen molar-refractivity contribution in [2.24, 2.45) is 0 Å². The van der Waals surface area contributed by atoms with Gasteiger partial charge >= 0.3 is 0 Å². The Balaban J connectivity index is 1.59. The van der Waals surface area contributed by atoms with Gasteiger partial charge in [-0.3, -0.25) is 9.59 Å². The number of aliphatic hydroxyl groups is 1. The highest BCUT2D eigenvalue weighted by atomic mass is 35.5. The standard InChI is InChI=1S/C19H19ClN4O4/c1-23(7-8-25)19(27)17-12-10-24(6-5-16(12)28-22-17)18(26)15-9-11-13(20)3-2-4-14(11)21-15/h2-4,9,21,25H,5-8,10H2,1H3. The predicted molar refractivity (Wildman–Crippen MR) is 102 cm³/mol. The first-order chi connectivity index (χ1) is 13.5. The van der Waals surface area contributed by atoms with Crippen molar-refractivity contribution in [3.05, 3.63) is 52.0 Å². The van der Waals surface area contributed by atoms with E-state index < -0.39 is 0 Å². The molecule has 1 aliphatic heterocycles. The number of nitrogens with one attached hydrogen (secondary N) is 1. The summed E-state index contributed by atoms with van der Waals surface area (Å²) in [6, 6.07) is 7.20. The Morgan fingerprint density at radius 1 is 1.43 bits per heavy atom. The quantitative estimate of drug-likeness (QED) is 0.695. The summed E-state index contributed by atoms with van der Waals surface area (Å²) in [5.74, 6) is 0.0939. The number of hydrogen-bond acceptors (Lipinski definition) is 5. The molecule has 0 fully saturated rings. The first kappa shape index (κ1) is 18.5. The molecule has 9 heteroatoms. The molecule has 0 saturated heterocycles. The molecule has 0 aliphatic carbocycles. The summed E-state index contributed by atoms with van der Waals surface area (Å²) < 4.78 is 5.31. The van der Waals surface area contributed by atoms with E-state index >= 15 is 0 Å². The van der Waals surface area contributed by atoms with Crippen molar-refractivity contribution in [2.75, 3.05) is 26.7 Å². The van der Waals surface area contributed by atoms with Gasteiger partial charge in [-0.25, -0.2) is 0 Å². The van der Waals surface area contributed by atoms with Gasteiger partial charge in [0.25, 0.3) is 11.8 Å². The molecule has 1 aliphatic rings. The molecule has 8 nitrogen and oxygen atoms in total. The van der Waals surface area contributed by atoms with Gasteiger partial charge in [0, 0.05) is 48.0 Å². The maximum Gasteiger partial charge on any atom is 0.276 e. The van der Waals surface area contributed by atoms with Crippen molar-refractivity contribution in [2.45, 2.75) is 13.0 Å². The summed E-state index contributed by atoms with van der Waals surface area (Å²) in [5, 5.41) is 14.3. The number of H-pyrrole nitrogens is 1. The fourth-order valence-electron chi connectivity index (χ4n) is 3.39. The maximum absolute atomic E-state index is 13.0. The Kier molecular flexibility index (Phi) is 4.82. The second-order valence-corrected chi connectivity index (χ2v) is 7.15. The number of aromatic amines is 1. The van der Waals surface area contributed by atoms with Crippen LogP contribution >= 0.6 is 11.6 Å². The summed E-state index contributed by atoms with van der Waals surface area (Å²) in [6.07, 6.45) is 0.478. The van der Waals surface area contributed by atoms with E-state index in [2.05, 4.69) is 10.1 Å². The fourth-order valence-corrected chi connectivity index (χ4v) is 3.62. The first-order valence-electron chi connectivity index (χ1n) is 8.90. The van der Waals surface area contributed by atoms with E-state index in [0.717, 1.165) is 10.9 Å². The Labute approximate surface area is 165 Å². The number of fused-ring (bicyclic) bond motifs is 2. The summed E-state index contributed by atoms with van der Waals surface area (Å²) in [7, 11) is 1.58. The number of amides is 2. The molecule has 3 aromatic rings. The first-order valence-corrected chi connectivity index (χ1v) is 9.27. The van der Waals surface area contributed by atoms with E-state index in [4.69, 9.17) is 21.2 Å². The molecule has 2 amide bonds. The van der Waals surface area contributed by atoms with E-state index in [-0.39, 0.29) is 37.2 Å². The van der Waals surface area contributed by atoms with Crippen molar-refractivity contribution < 1.29 is 19.2 Å². The molecule has 0 atom stereocenters. The average molecular weight is 403 g/mol. The van der Waals surface area contributed by atoms with Gasteiger partial charge in [0.1, 0.15) is 11.5 Å². The molecule has 0 radical (unpaired) electrons. The predicted octanol–water partition coefficient (Wildman–Crippen LogP) is 2.07. The van der Waals surface area contributed by atoms with Gasteiger partial charge in [-0.2, -0.15) is 0 Å². The van der Waals surface area contributed by atoms with E-state index in [1.165, 1.54) is 4.90 Å². The zero-order valence-electron chi connectivity index (χ0n) is 15.2. The van der Waals surface area contributed by atoms with Crippen LogP contribution in [0.5, 0.6) is 0 Å². The highest BCUT2D eigenvalue weighted by molar-refractivity contribution is 6.35. The topological polar surface area (TPSA) is 103 Å². The number of benzene rings is 1. The van der Waals surface area contributed by atoms with Crippen LogP contribution in [0.4, 0.5) is 0 Å². The minimum Gasteiger partial charge on any atom is -0.395 e. The average Bonchev–Trinajstić information content (AvgIpc) is 3.31. The van der Waals surface area contributed by atoms with Gasteiger partial charge in [-0.15, -0.1) is 0 Å². The normalized spacial score (nSPS) is 13.6. The number of likely N-dealkylation sites (N-methyl/N-ethyl adjacent to an activating group) is 1. The van der Waals surface area contributed by atoms with E-state index in [9.17, 15) is 9.59 Å². The second-order valence-electron chi connectivity index (χ2n) is 6.74. The smallest absolute Gasteiger partial charge is 0.276 e. The zero-order chi connectivity index (χ0) is 19.8. The van der Waals surface area contributed by atoms with Crippen LogP contribution in [0.2, 0.25) is 5.02 Å². The SMILES string of the molecule is CN(CCO)C(=O)c1noc2c1CN(C(=O)c1cc3c(Cl)cccc3[nH]1)CC2. The third-order valence-corrected chi connectivity index (χ3v) is 5.27. The van der Waals surface area contributed by atoms with Crippen molar-refractivity contribution in [1.29, 1.82) is 0 Å². The van der Waals surface area contributed by atoms with E-state index in [0.29, 0.717) is 35.0 Å². The number of hydrogen-bond donors (Lipinski definition) is 2. The Morgan fingerprint density at radius 3 is 3.00 bits per heavy atom. The lowest BCUT2D eigenvalue weighted by molar-refractivity contribution is 0.0713. The minimum atomic E-state index is -0.342. The Bertz CT molecular complexity index is 1060. The number of rotatable bonds is 4. The van der Waals surface area contributed by atoms with Gasteiger partial charge in [0.2, 0.25) is 0 Å². The summed E-state index contributed by atoms with van der Waals surface area (Å²) >= 11 is 6.20. The lowest BCUT2D eigenvalue weighted by Gasteiger charge is -2.26. The van der Waals surface area contributed by atoms with Crippen molar-refractivity contribution in [3.8, 4) is 0 Å². The largest absolute Gasteiger partial charge is 0.395 e. The van der Waals surface area contributed by atoms with Crippen LogP contribution in [-0.4, -0.2) is 63.6 Å². The van der Waals surface area contributed by atoms with Gasteiger partial charge < -0.3 is 24.4 Å².